The van der Waals surface area contributed by atoms with Crippen molar-refractivity contribution in [1.82, 2.24) is 4.90 Å². The Morgan fingerprint density at radius 2 is 1.85 bits per heavy atom. The molecule has 0 radical (unpaired) electrons. The van der Waals surface area contributed by atoms with Gasteiger partial charge in [-0.2, -0.15) is 0 Å². The first-order valence-corrected chi connectivity index (χ1v) is 7.95. The van der Waals surface area contributed by atoms with Gasteiger partial charge in [0.05, 0.1) is 0 Å². The Morgan fingerprint density at radius 3 is 2.35 bits per heavy atom. The van der Waals surface area contributed by atoms with Gasteiger partial charge in [-0.3, -0.25) is 0 Å². The second kappa shape index (κ2) is 11.6. The summed E-state index contributed by atoms with van der Waals surface area (Å²) < 4.78 is 0. The van der Waals surface area contributed by atoms with Crippen molar-refractivity contribution in [3.63, 3.8) is 0 Å². The summed E-state index contributed by atoms with van der Waals surface area (Å²) in [5, 5.41) is 0. The molecule has 0 rings (SSSR count). The van der Waals surface area contributed by atoms with Crippen LogP contribution in [-0.2, 0) is 0 Å². The highest BCUT2D eigenvalue weighted by molar-refractivity contribution is 5.22. The van der Waals surface area contributed by atoms with Crippen LogP contribution in [0, 0.1) is 11.8 Å². The van der Waals surface area contributed by atoms with Crippen LogP contribution in [0.4, 0.5) is 0 Å². The molecule has 1 atom stereocenters. The van der Waals surface area contributed by atoms with Gasteiger partial charge in [0.1, 0.15) is 0 Å². The molecule has 0 aliphatic heterocycles. The molecule has 0 aliphatic rings. The number of hydrogen-bond donors (Lipinski definition) is 0. The zero-order chi connectivity index (χ0) is 15.4. The Kier molecular flexibility index (Phi) is 10.9. The number of nitrogens with zero attached hydrogens (tertiary/aromatic N) is 1. The van der Waals surface area contributed by atoms with Crippen molar-refractivity contribution in [3.8, 4) is 0 Å². The van der Waals surface area contributed by atoms with E-state index in [1.54, 1.807) is 0 Å². The first-order valence-electron chi connectivity index (χ1n) is 7.95. The van der Waals surface area contributed by atoms with E-state index in [0.29, 0.717) is 11.8 Å². The van der Waals surface area contributed by atoms with Crippen LogP contribution in [0.25, 0.3) is 0 Å². The van der Waals surface area contributed by atoms with E-state index >= 15 is 0 Å². The molecular weight excluding hydrogens is 242 g/mol. The molecule has 0 N–H and O–H groups in total. The molecule has 114 valence electrons. The molecule has 0 spiro atoms. The van der Waals surface area contributed by atoms with E-state index in [4.69, 9.17) is 0 Å². The largest absolute Gasteiger partial charge is 0.374 e. The van der Waals surface area contributed by atoms with Crippen LogP contribution < -0.4 is 0 Å². The maximum Gasteiger partial charge on any atom is 0.0351 e. The van der Waals surface area contributed by atoms with Gasteiger partial charge in [-0.25, -0.2) is 0 Å². The van der Waals surface area contributed by atoms with Crippen LogP contribution >= 0.6 is 0 Å². The fourth-order valence-electron chi connectivity index (χ4n) is 2.08. The van der Waals surface area contributed by atoms with E-state index in [0.717, 1.165) is 19.5 Å². The van der Waals surface area contributed by atoms with Gasteiger partial charge in [0.25, 0.3) is 0 Å². The Bertz CT molecular complexity index is 323. The Balaban J connectivity index is 4.67. The summed E-state index contributed by atoms with van der Waals surface area (Å²) in [7, 11) is 0. The molecule has 0 bridgehead atoms. The van der Waals surface area contributed by atoms with E-state index in [2.05, 4.69) is 70.2 Å². The average molecular weight is 275 g/mol. The smallest absolute Gasteiger partial charge is 0.0351 e. The highest BCUT2D eigenvalue weighted by Crippen LogP contribution is 2.19. The fourth-order valence-corrected chi connectivity index (χ4v) is 2.08. The third-order valence-corrected chi connectivity index (χ3v) is 3.18. The van der Waals surface area contributed by atoms with Gasteiger partial charge < -0.3 is 4.90 Å². The summed E-state index contributed by atoms with van der Waals surface area (Å²) in [5.74, 6) is 1.06. The quantitative estimate of drug-likeness (QED) is 0.351. The van der Waals surface area contributed by atoms with Gasteiger partial charge in [-0.1, -0.05) is 58.9 Å². The lowest BCUT2D eigenvalue weighted by molar-refractivity contribution is 0.414. The molecule has 0 aromatic carbocycles. The molecule has 0 aromatic heterocycles. The first kappa shape index (κ1) is 18.8. The van der Waals surface area contributed by atoms with Crippen molar-refractivity contribution < 1.29 is 0 Å². The maximum atomic E-state index is 4.25. The van der Waals surface area contributed by atoms with E-state index in [9.17, 15) is 0 Å². The van der Waals surface area contributed by atoms with Crippen molar-refractivity contribution in [2.75, 3.05) is 13.1 Å². The minimum atomic E-state index is 0.464. The molecule has 0 aromatic rings. The SMILES string of the molecule is C=CCN(/C=C\C(=C)C(/C=C\C(C)C)CCC)CCC. The molecule has 0 heterocycles. The summed E-state index contributed by atoms with van der Waals surface area (Å²) in [4.78, 5) is 2.29. The van der Waals surface area contributed by atoms with Crippen LogP contribution in [0.15, 0.2) is 49.2 Å². The number of allylic oxidation sites excluding steroid dienone is 4. The Labute approximate surface area is 126 Å². The summed E-state index contributed by atoms with van der Waals surface area (Å²) in [6, 6.07) is 0. The second-order valence-corrected chi connectivity index (χ2v) is 5.70. The van der Waals surface area contributed by atoms with Crippen LogP contribution in [0.5, 0.6) is 0 Å². The summed E-state index contributed by atoms with van der Waals surface area (Å²) in [5.41, 5.74) is 1.20. The third kappa shape index (κ3) is 8.79. The highest BCUT2D eigenvalue weighted by atomic mass is 15.1. The predicted octanol–water partition coefficient (Wildman–Crippen LogP) is 5.58. The highest BCUT2D eigenvalue weighted by Gasteiger charge is 2.06. The second-order valence-electron chi connectivity index (χ2n) is 5.70. The zero-order valence-corrected chi connectivity index (χ0v) is 13.9. The topological polar surface area (TPSA) is 3.24 Å². The summed E-state index contributed by atoms with van der Waals surface area (Å²) >= 11 is 0. The molecule has 0 amide bonds. The van der Waals surface area contributed by atoms with Gasteiger partial charge in [0, 0.05) is 19.0 Å². The average Bonchev–Trinajstić information content (AvgIpc) is 2.40. The zero-order valence-electron chi connectivity index (χ0n) is 13.9. The lowest BCUT2D eigenvalue weighted by atomic mass is 9.93. The van der Waals surface area contributed by atoms with Crippen LogP contribution in [0.3, 0.4) is 0 Å². The van der Waals surface area contributed by atoms with Gasteiger partial charge >= 0.3 is 0 Å². The van der Waals surface area contributed by atoms with E-state index in [1.165, 1.54) is 18.4 Å². The van der Waals surface area contributed by atoms with Gasteiger partial charge in [-0.05, 0) is 36.6 Å². The molecule has 0 saturated carbocycles. The minimum absolute atomic E-state index is 0.464. The minimum Gasteiger partial charge on any atom is -0.374 e. The molecular formula is C19H33N. The Morgan fingerprint density at radius 1 is 1.15 bits per heavy atom. The fraction of sp³-hybridized carbons (Fsp3) is 0.579. The van der Waals surface area contributed by atoms with Crippen LogP contribution in [0.1, 0.15) is 47.0 Å². The maximum absolute atomic E-state index is 4.25. The van der Waals surface area contributed by atoms with Gasteiger partial charge in [0.2, 0.25) is 0 Å². The molecule has 0 fully saturated rings. The van der Waals surface area contributed by atoms with Crippen molar-refractivity contribution >= 4 is 0 Å². The summed E-state index contributed by atoms with van der Waals surface area (Å²) in [6.45, 7) is 18.9. The number of rotatable bonds is 11. The standard InChI is InChI=1S/C19H33N/c1-7-10-19(12-11-17(4)5)18(6)13-16-20(14-8-2)15-9-3/h8,11-13,16-17,19H,2,6-7,9-10,14-15H2,1,3-5H3/b12-11-,16-13-. The summed E-state index contributed by atoms with van der Waals surface area (Å²) in [6.07, 6.45) is 14.4. The van der Waals surface area contributed by atoms with Crippen LogP contribution in [0.2, 0.25) is 0 Å². The number of hydrogen-bond acceptors (Lipinski definition) is 1. The molecule has 1 heteroatoms. The van der Waals surface area contributed by atoms with Crippen molar-refractivity contribution in [3.05, 3.63) is 49.2 Å². The van der Waals surface area contributed by atoms with Crippen molar-refractivity contribution in [2.24, 2.45) is 11.8 Å². The van der Waals surface area contributed by atoms with E-state index in [-0.39, 0.29) is 0 Å². The molecule has 0 saturated heterocycles. The van der Waals surface area contributed by atoms with Crippen molar-refractivity contribution in [2.45, 2.75) is 47.0 Å². The van der Waals surface area contributed by atoms with Gasteiger partial charge in [-0.15, -0.1) is 6.58 Å². The lowest BCUT2D eigenvalue weighted by Gasteiger charge is -2.19. The monoisotopic (exact) mass is 275 g/mol. The van der Waals surface area contributed by atoms with Gasteiger partial charge in [0.15, 0.2) is 0 Å². The third-order valence-electron chi connectivity index (χ3n) is 3.18. The Hall–Kier alpha value is -1.24. The molecule has 20 heavy (non-hydrogen) atoms. The predicted molar refractivity (Wildman–Crippen MR) is 92.7 cm³/mol. The normalized spacial score (nSPS) is 13.2. The molecule has 0 aliphatic carbocycles. The van der Waals surface area contributed by atoms with E-state index in [1.807, 2.05) is 6.08 Å². The van der Waals surface area contributed by atoms with Crippen LogP contribution in [-0.4, -0.2) is 18.0 Å². The lowest BCUT2D eigenvalue weighted by Crippen LogP contribution is -2.18. The molecule has 1 unspecified atom stereocenters. The van der Waals surface area contributed by atoms with E-state index < -0.39 is 0 Å². The van der Waals surface area contributed by atoms with Crippen molar-refractivity contribution in [1.29, 1.82) is 0 Å². The first-order chi connectivity index (χ1) is 9.54. The molecule has 1 nitrogen and oxygen atoms in total.